The fourth-order valence-electron chi connectivity index (χ4n) is 4.01. The van der Waals surface area contributed by atoms with Gasteiger partial charge in [0.05, 0.1) is 10.2 Å². The van der Waals surface area contributed by atoms with Crippen LogP contribution in [0, 0.1) is 0 Å². The standard InChI is InChI=1S/C23H20N4O2S/c28-14-27-9-8-15(12-27)18-6-1-2-7-19(18)21-11-20-22(30-21)23(25-13-24-20)26-16-4-3-5-17(29)10-16/h1-7,10-11,13-15,29H,8-9,12H2,(H,24,25,26). The molecule has 0 aliphatic carbocycles. The number of fused-ring (bicyclic) bond motifs is 1. The zero-order valence-electron chi connectivity index (χ0n) is 16.2. The van der Waals surface area contributed by atoms with Gasteiger partial charge in [0.15, 0.2) is 5.82 Å². The smallest absolute Gasteiger partial charge is 0.209 e. The summed E-state index contributed by atoms with van der Waals surface area (Å²) in [6.45, 7) is 1.56. The number of phenols is 1. The highest BCUT2D eigenvalue weighted by Gasteiger charge is 2.25. The minimum atomic E-state index is 0.201. The van der Waals surface area contributed by atoms with Crippen LogP contribution in [0.25, 0.3) is 20.7 Å². The van der Waals surface area contributed by atoms with Crippen LogP contribution in [0.15, 0.2) is 60.9 Å². The Morgan fingerprint density at radius 1 is 1.13 bits per heavy atom. The first-order valence-electron chi connectivity index (χ1n) is 9.80. The fourth-order valence-corrected chi connectivity index (χ4v) is 5.11. The number of aromatic hydroxyl groups is 1. The highest BCUT2D eigenvalue weighted by atomic mass is 32.1. The van der Waals surface area contributed by atoms with Crippen molar-refractivity contribution in [3.8, 4) is 16.2 Å². The second kappa shape index (κ2) is 7.76. The average molecular weight is 417 g/mol. The Bertz CT molecular complexity index is 1220. The number of hydrogen-bond donors (Lipinski definition) is 2. The fraction of sp³-hybridized carbons (Fsp3) is 0.174. The van der Waals surface area contributed by atoms with E-state index in [-0.39, 0.29) is 5.75 Å². The van der Waals surface area contributed by atoms with Crippen LogP contribution in [0.4, 0.5) is 11.5 Å². The summed E-state index contributed by atoms with van der Waals surface area (Å²) in [4.78, 5) is 23.0. The lowest BCUT2D eigenvalue weighted by Crippen LogP contribution is -2.17. The molecule has 1 unspecified atom stereocenters. The number of phenolic OH excluding ortho intramolecular Hbond substituents is 1. The van der Waals surface area contributed by atoms with Crippen molar-refractivity contribution in [2.75, 3.05) is 18.4 Å². The van der Waals surface area contributed by atoms with Crippen molar-refractivity contribution in [1.82, 2.24) is 14.9 Å². The van der Waals surface area contributed by atoms with Crippen molar-refractivity contribution in [3.63, 3.8) is 0 Å². The van der Waals surface area contributed by atoms with Crippen LogP contribution in [0.2, 0.25) is 0 Å². The van der Waals surface area contributed by atoms with Gasteiger partial charge in [-0.05, 0) is 35.7 Å². The third-order valence-electron chi connectivity index (χ3n) is 5.45. The Kier molecular flexibility index (Phi) is 4.80. The van der Waals surface area contributed by atoms with Crippen molar-refractivity contribution in [2.45, 2.75) is 12.3 Å². The van der Waals surface area contributed by atoms with Crippen LogP contribution in [0.1, 0.15) is 17.9 Å². The van der Waals surface area contributed by atoms with Gasteiger partial charge >= 0.3 is 0 Å². The molecule has 2 N–H and O–H groups in total. The lowest BCUT2D eigenvalue weighted by atomic mass is 9.93. The molecule has 7 heteroatoms. The lowest BCUT2D eigenvalue weighted by molar-refractivity contribution is -0.117. The number of hydrogen-bond acceptors (Lipinski definition) is 6. The quantitative estimate of drug-likeness (QED) is 0.459. The summed E-state index contributed by atoms with van der Waals surface area (Å²) in [5.41, 5.74) is 4.10. The number of likely N-dealkylation sites (tertiary alicyclic amines) is 1. The van der Waals surface area contributed by atoms with Crippen LogP contribution in [0.3, 0.4) is 0 Å². The number of anilines is 2. The third kappa shape index (κ3) is 3.48. The Hall–Kier alpha value is -3.45. The molecule has 1 fully saturated rings. The highest BCUT2D eigenvalue weighted by molar-refractivity contribution is 7.22. The van der Waals surface area contributed by atoms with Crippen LogP contribution in [-0.4, -0.2) is 39.5 Å². The van der Waals surface area contributed by atoms with Crippen LogP contribution < -0.4 is 5.32 Å². The van der Waals surface area contributed by atoms with Gasteiger partial charge in [0.25, 0.3) is 0 Å². The van der Waals surface area contributed by atoms with Crippen molar-refractivity contribution < 1.29 is 9.90 Å². The van der Waals surface area contributed by atoms with E-state index in [4.69, 9.17) is 0 Å². The first-order valence-corrected chi connectivity index (χ1v) is 10.6. The second-order valence-corrected chi connectivity index (χ2v) is 8.45. The molecule has 1 aliphatic rings. The largest absolute Gasteiger partial charge is 0.508 e. The van der Waals surface area contributed by atoms with Crippen molar-refractivity contribution >= 4 is 39.5 Å². The van der Waals surface area contributed by atoms with E-state index in [0.29, 0.717) is 11.7 Å². The lowest BCUT2D eigenvalue weighted by Gasteiger charge is -2.15. The molecule has 6 nitrogen and oxygen atoms in total. The van der Waals surface area contributed by atoms with Crippen molar-refractivity contribution in [2.24, 2.45) is 0 Å². The van der Waals surface area contributed by atoms with Crippen molar-refractivity contribution in [1.29, 1.82) is 0 Å². The molecule has 30 heavy (non-hydrogen) atoms. The van der Waals surface area contributed by atoms with Gasteiger partial charge in [0.1, 0.15) is 12.1 Å². The van der Waals surface area contributed by atoms with E-state index in [2.05, 4.69) is 39.6 Å². The molecule has 3 heterocycles. The maximum atomic E-state index is 11.2. The van der Waals surface area contributed by atoms with Gasteiger partial charge in [-0.3, -0.25) is 4.79 Å². The van der Waals surface area contributed by atoms with Gasteiger partial charge < -0.3 is 15.3 Å². The van der Waals surface area contributed by atoms with E-state index in [0.717, 1.165) is 46.7 Å². The molecule has 0 radical (unpaired) electrons. The maximum Gasteiger partial charge on any atom is 0.209 e. The van der Waals surface area contributed by atoms with Gasteiger partial charge in [0, 0.05) is 35.6 Å². The summed E-state index contributed by atoms with van der Waals surface area (Å²) >= 11 is 1.65. The normalized spacial score (nSPS) is 16.1. The van der Waals surface area contributed by atoms with E-state index >= 15 is 0 Å². The monoisotopic (exact) mass is 416 g/mol. The van der Waals surface area contributed by atoms with Gasteiger partial charge in [-0.25, -0.2) is 9.97 Å². The predicted octanol–water partition coefficient (Wildman–Crippen LogP) is 4.75. The summed E-state index contributed by atoms with van der Waals surface area (Å²) in [6.07, 6.45) is 3.47. The third-order valence-corrected chi connectivity index (χ3v) is 6.62. The van der Waals surface area contributed by atoms with Crippen LogP contribution >= 0.6 is 11.3 Å². The number of rotatable bonds is 5. The Labute approximate surface area is 177 Å². The molecule has 5 rings (SSSR count). The SMILES string of the molecule is O=CN1CCC(c2ccccc2-c2cc3ncnc(Nc4cccc(O)c4)c3s2)C1. The molecular weight excluding hydrogens is 396 g/mol. The molecular formula is C23H20N4O2S. The summed E-state index contributed by atoms with van der Waals surface area (Å²) in [5, 5.41) is 13.0. The average Bonchev–Trinajstić information content (AvgIpc) is 3.41. The minimum absolute atomic E-state index is 0.201. The molecule has 1 atom stereocenters. The number of benzene rings is 2. The Balaban J connectivity index is 1.53. The van der Waals surface area contributed by atoms with Crippen LogP contribution in [0.5, 0.6) is 5.75 Å². The number of nitrogens with one attached hydrogen (secondary N) is 1. The van der Waals surface area contributed by atoms with Gasteiger partial charge in [-0.15, -0.1) is 11.3 Å². The number of carbonyl (C=O) groups excluding carboxylic acids is 1. The zero-order chi connectivity index (χ0) is 20.5. The van der Waals surface area contributed by atoms with Crippen molar-refractivity contribution in [3.05, 3.63) is 66.5 Å². The van der Waals surface area contributed by atoms with E-state index in [9.17, 15) is 9.90 Å². The highest BCUT2D eigenvalue weighted by Crippen LogP contribution is 2.41. The summed E-state index contributed by atoms with van der Waals surface area (Å²) < 4.78 is 0.964. The van der Waals surface area contributed by atoms with E-state index in [1.165, 1.54) is 11.1 Å². The van der Waals surface area contributed by atoms with E-state index in [1.807, 2.05) is 17.0 Å². The topological polar surface area (TPSA) is 78.4 Å². The number of thiophene rings is 1. The van der Waals surface area contributed by atoms with Gasteiger partial charge in [0.2, 0.25) is 6.41 Å². The Morgan fingerprint density at radius 2 is 2.03 bits per heavy atom. The van der Waals surface area contributed by atoms with Gasteiger partial charge in [-0.1, -0.05) is 30.3 Å². The number of aromatic nitrogens is 2. The summed E-state index contributed by atoms with van der Waals surface area (Å²) in [5.74, 6) is 1.26. The molecule has 1 aliphatic heterocycles. The molecule has 0 spiro atoms. The molecule has 150 valence electrons. The molecule has 0 bridgehead atoms. The molecule has 1 saturated heterocycles. The molecule has 2 aromatic carbocycles. The summed E-state index contributed by atoms with van der Waals surface area (Å²) in [7, 11) is 0. The predicted molar refractivity (Wildman–Crippen MR) is 119 cm³/mol. The Morgan fingerprint density at radius 3 is 2.87 bits per heavy atom. The minimum Gasteiger partial charge on any atom is -0.508 e. The molecule has 4 aromatic rings. The first-order chi connectivity index (χ1) is 14.7. The van der Waals surface area contributed by atoms with Gasteiger partial charge in [-0.2, -0.15) is 0 Å². The zero-order valence-corrected chi connectivity index (χ0v) is 17.0. The number of carbonyl (C=O) groups is 1. The molecule has 1 amide bonds. The summed E-state index contributed by atoms with van der Waals surface area (Å²) in [6, 6.07) is 17.5. The molecule has 0 saturated carbocycles. The number of nitrogens with zero attached hydrogens (tertiary/aromatic N) is 3. The van der Waals surface area contributed by atoms with E-state index in [1.54, 1.807) is 35.9 Å². The first kappa shape index (κ1) is 18.6. The van der Waals surface area contributed by atoms with E-state index < -0.39 is 0 Å². The second-order valence-electron chi connectivity index (χ2n) is 7.40. The molecule has 2 aromatic heterocycles. The van der Waals surface area contributed by atoms with Crippen LogP contribution in [-0.2, 0) is 4.79 Å². The number of amides is 1. The maximum absolute atomic E-state index is 11.2.